The maximum absolute atomic E-state index is 12.1. The van der Waals surface area contributed by atoms with Gasteiger partial charge in [-0.15, -0.1) is 0 Å². The van der Waals surface area contributed by atoms with E-state index in [2.05, 4.69) is 17.6 Å². The number of rotatable bonds is 11. The molecule has 20 heavy (non-hydrogen) atoms. The molecule has 2 unspecified atom stereocenters. The van der Waals surface area contributed by atoms with Crippen LogP contribution in [0.25, 0.3) is 0 Å². The molecule has 0 aliphatic heterocycles. The van der Waals surface area contributed by atoms with Crippen molar-refractivity contribution in [3.8, 4) is 0 Å². The van der Waals surface area contributed by atoms with Crippen molar-refractivity contribution in [1.29, 1.82) is 0 Å². The van der Waals surface area contributed by atoms with Crippen LogP contribution >= 0.6 is 0 Å². The first-order valence-electron chi connectivity index (χ1n) is 8.07. The Morgan fingerprint density at radius 1 is 1.00 bits per heavy atom. The first-order valence-corrected chi connectivity index (χ1v) is 8.07. The molecule has 0 saturated carbocycles. The summed E-state index contributed by atoms with van der Waals surface area (Å²) >= 11 is 0. The Labute approximate surface area is 124 Å². The summed E-state index contributed by atoms with van der Waals surface area (Å²) in [5.74, 6) is -0.0448. The summed E-state index contributed by atoms with van der Waals surface area (Å²) in [7, 11) is 0. The number of amides is 2. The third-order valence-electron chi connectivity index (χ3n) is 3.68. The van der Waals surface area contributed by atoms with E-state index in [1.165, 1.54) is 32.6 Å². The van der Waals surface area contributed by atoms with Crippen LogP contribution in [-0.2, 0) is 9.59 Å². The van der Waals surface area contributed by atoms with Crippen molar-refractivity contribution in [1.82, 2.24) is 10.6 Å². The normalized spacial score (nSPS) is 13.6. The van der Waals surface area contributed by atoms with Crippen molar-refractivity contribution in [2.75, 3.05) is 6.54 Å². The summed E-state index contributed by atoms with van der Waals surface area (Å²) in [4.78, 5) is 23.3. The molecule has 2 amide bonds. The SMILES string of the molecule is CCCCCCCCNC(=O)C(NC(C)=O)C(C)CC. The van der Waals surface area contributed by atoms with Crippen LogP contribution in [0.5, 0.6) is 0 Å². The number of nitrogens with one attached hydrogen (secondary N) is 2. The Hall–Kier alpha value is -1.06. The molecule has 0 aromatic rings. The Bertz CT molecular complexity index is 280. The lowest BCUT2D eigenvalue weighted by molar-refractivity contribution is -0.129. The number of carbonyl (C=O) groups is 2. The van der Waals surface area contributed by atoms with Crippen molar-refractivity contribution < 1.29 is 9.59 Å². The molecule has 0 spiro atoms. The van der Waals surface area contributed by atoms with E-state index in [1.54, 1.807) is 0 Å². The molecule has 0 aliphatic carbocycles. The summed E-state index contributed by atoms with van der Waals surface area (Å²) in [5.41, 5.74) is 0. The van der Waals surface area contributed by atoms with Crippen molar-refractivity contribution in [2.24, 2.45) is 5.92 Å². The lowest BCUT2D eigenvalue weighted by Crippen LogP contribution is -2.49. The van der Waals surface area contributed by atoms with Crippen molar-refractivity contribution in [3.05, 3.63) is 0 Å². The van der Waals surface area contributed by atoms with E-state index in [9.17, 15) is 9.59 Å². The van der Waals surface area contributed by atoms with Gasteiger partial charge in [-0.1, -0.05) is 59.3 Å². The fourth-order valence-corrected chi connectivity index (χ4v) is 2.15. The third kappa shape index (κ3) is 8.94. The summed E-state index contributed by atoms with van der Waals surface area (Å²) in [5, 5.41) is 5.69. The van der Waals surface area contributed by atoms with Crippen LogP contribution in [0.1, 0.15) is 72.6 Å². The van der Waals surface area contributed by atoms with E-state index in [1.807, 2.05) is 13.8 Å². The molecular weight excluding hydrogens is 252 g/mol. The van der Waals surface area contributed by atoms with Crippen molar-refractivity contribution >= 4 is 11.8 Å². The number of hydrogen-bond acceptors (Lipinski definition) is 2. The van der Waals surface area contributed by atoms with Gasteiger partial charge in [-0.3, -0.25) is 9.59 Å². The smallest absolute Gasteiger partial charge is 0.242 e. The molecule has 0 saturated heterocycles. The van der Waals surface area contributed by atoms with Crippen molar-refractivity contribution in [2.45, 2.75) is 78.7 Å². The molecule has 118 valence electrons. The average molecular weight is 284 g/mol. The molecule has 0 fully saturated rings. The monoisotopic (exact) mass is 284 g/mol. The van der Waals surface area contributed by atoms with Crippen LogP contribution < -0.4 is 10.6 Å². The van der Waals surface area contributed by atoms with Crippen molar-refractivity contribution in [3.63, 3.8) is 0 Å². The van der Waals surface area contributed by atoms with Gasteiger partial charge in [-0.25, -0.2) is 0 Å². The molecule has 4 heteroatoms. The van der Waals surface area contributed by atoms with E-state index in [0.717, 1.165) is 19.3 Å². The standard InChI is InChI=1S/C16H32N2O2/c1-5-7-8-9-10-11-12-17-16(20)15(13(3)6-2)18-14(4)19/h13,15H,5-12H2,1-4H3,(H,17,20)(H,18,19). The maximum atomic E-state index is 12.1. The minimum absolute atomic E-state index is 0.0527. The van der Waals surface area contributed by atoms with Crippen LogP contribution in [0.3, 0.4) is 0 Å². The fourth-order valence-electron chi connectivity index (χ4n) is 2.15. The molecule has 0 aromatic carbocycles. The van der Waals surface area contributed by atoms with Crippen LogP contribution in [-0.4, -0.2) is 24.4 Å². The molecule has 0 aromatic heterocycles. The zero-order valence-electron chi connectivity index (χ0n) is 13.6. The summed E-state index contributed by atoms with van der Waals surface area (Å²) < 4.78 is 0. The molecule has 0 heterocycles. The van der Waals surface area contributed by atoms with Crippen LogP contribution in [0.2, 0.25) is 0 Å². The second-order valence-corrected chi connectivity index (χ2v) is 5.62. The predicted molar refractivity (Wildman–Crippen MR) is 83.4 cm³/mol. The molecule has 2 N–H and O–H groups in total. The van der Waals surface area contributed by atoms with Gasteiger partial charge in [-0.05, 0) is 12.3 Å². The molecule has 0 radical (unpaired) electrons. The lowest BCUT2D eigenvalue weighted by Gasteiger charge is -2.22. The van der Waals surface area contributed by atoms with Gasteiger partial charge in [0.15, 0.2) is 0 Å². The Kier molecular flexibility index (Phi) is 11.1. The van der Waals surface area contributed by atoms with Gasteiger partial charge in [-0.2, -0.15) is 0 Å². The second-order valence-electron chi connectivity index (χ2n) is 5.62. The van der Waals surface area contributed by atoms with E-state index < -0.39 is 6.04 Å². The van der Waals surface area contributed by atoms with Crippen LogP contribution in [0.15, 0.2) is 0 Å². The zero-order valence-corrected chi connectivity index (χ0v) is 13.6. The fraction of sp³-hybridized carbons (Fsp3) is 0.875. The quantitative estimate of drug-likeness (QED) is 0.573. The minimum atomic E-state index is -0.405. The van der Waals surface area contributed by atoms with Gasteiger partial charge in [0, 0.05) is 13.5 Å². The molecule has 0 aliphatic rings. The topological polar surface area (TPSA) is 58.2 Å². The van der Waals surface area contributed by atoms with Gasteiger partial charge < -0.3 is 10.6 Å². The van der Waals surface area contributed by atoms with E-state index in [-0.39, 0.29) is 17.7 Å². The van der Waals surface area contributed by atoms with Gasteiger partial charge in [0.05, 0.1) is 0 Å². The predicted octanol–water partition coefficient (Wildman–Crippen LogP) is 3.01. The largest absolute Gasteiger partial charge is 0.354 e. The first kappa shape index (κ1) is 18.9. The highest BCUT2D eigenvalue weighted by atomic mass is 16.2. The van der Waals surface area contributed by atoms with E-state index in [4.69, 9.17) is 0 Å². The molecule has 2 atom stereocenters. The van der Waals surface area contributed by atoms with Gasteiger partial charge in [0.2, 0.25) is 11.8 Å². The Balaban J connectivity index is 3.92. The van der Waals surface area contributed by atoms with E-state index in [0.29, 0.717) is 6.54 Å². The van der Waals surface area contributed by atoms with Crippen LogP contribution in [0.4, 0.5) is 0 Å². The first-order chi connectivity index (χ1) is 9.52. The summed E-state index contributed by atoms with van der Waals surface area (Å²) in [6.07, 6.45) is 8.12. The highest BCUT2D eigenvalue weighted by Gasteiger charge is 2.24. The third-order valence-corrected chi connectivity index (χ3v) is 3.68. The van der Waals surface area contributed by atoms with Crippen LogP contribution in [0, 0.1) is 5.92 Å². The average Bonchev–Trinajstić information content (AvgIpc) is 2.42. The number of unbranched alkanes of at least 4 members (excludes halogenated alkanes) is 5. The summed E-state index contributed by atoms with van der Waals surface area (Å²) in [6.45, 7) is 8.39. The van der Waals surface area contributed by atoms with E-state index >= 15 is 0 Å². The molecule has 4 nitrogen and oxygen atoms in total. The summed E-state index contributed by atoms with van der Waals surface area (Å²) in [6, 6.07) is -0.405. The Morgan fingerprint density at radius 2 is 1.60 bits per heavy atom. The highest BCUT2D eigenvalue weighted by Crippen LogP contribution is 2.08. The Morgan fingerprint density at radius 3 is 2.15 bits per heavy atom. The number of carbonyl (C=O) groups excluding carboxylic acids is 2. The van der Waals surface area contributed by atoms with Gasteiger partial charge in [0.25, 0.3) is 0 Å². The van der Waals surface area contributed by atoms with Gasteiger partial charge >= 0.3 is 0 Å². The lowest BCUT2D eigenvalue weighted by atomic mass is 9.98. The second kappa shape index (κ2) is 11.7. The molecular formula is C16H32N2O2. The number of hydrogen-bond donors (Lipinski definition) is 2. The van der Waals surface area contributed by atoms with Gasteiger partial charge in [0.1, 0.15) is 6.04 Å². The highest BCUT2D eigenvalue weighted by molar-refractivity contribution is 5.87. The maximum Gasteiger partial charge on any atom is 0.242 e. The molecule has 0 rings (SSSR count). The minimum Gasteiger partial charge on any atom is -0.354 e. The molecule has 0 bridgehead atoms. The zero-order chi connectivity index (χ0) is 15.4.